The highest BCUT2D eigenvalue weighted by Crippen LogP contribution is 2.35. The topological polar surface area (TPSA) is 442 Å². The second-order valence-electron chi connectivity index (χ2n) is 17.5. The second kappa shape index (κ2) is 33.6. The summed E-state index contributed by atoms with van der Waals surface area (Å²) in [5, 5.41) is 154. The predicted octanol–water partition coefficient (Wildman–Crippen LogP) is -6.37. The standard InChI is InChI=1S/C37H61BrN2O26.C4H10.2C2H6/c1-10(45)39-19-13(3-12(47)4-38)59-16(7-43)31(24(19)51)64-34-20(40-11(2)46)25(52)32(17(8-44)62-34)65-37-30(57)33(66-36-29(56)27(54)22(49)15(6-42)61-36)23(50)18(63-37)9-58-35-28(55)26(53)21(48)14(5-41)60-35;1-3-4-2;2*1-2/h13-37,41-44,48-57H,3-9H2,1-2H3,(H,39,45)(H,40,46);3-4H2,1-2H3;2*1-2H3/t13-,14?,15+,16?,17?,18?,19?,20?,21+,22+,23+,24+,25+,26-,27?,28?,29?,30?,31+,32+,33-,34-,35-,36+,37-;;;/m0.../s1. The highest BCUT2D eigenvalue weighted by atomic mass is 79.9. The zero-order valence-electron chi connectivity index (χ0n) is 42.8. The minimum Gasteiger partial charge on any atom is -0.394 e. The fourth-order valence-electron chi connectivity index (χ4n) is 8.30. The molecule has 10 unspecified atom stereocenters. The molecule has 5 heterocycles. The SMILES string of the molecule is CC.CC.CC(=O)NC1[C@H](O[C@@H]2C(CO)O[C@@H](CC(=O)CBr)C(NC(C)=O)[C@H]2O)OC(CO)[C@@H](O[C@@H]2OC(CO[C@H]3OC(CO)[C@@H](O)[C@H](O)C3O)[C@@H](O)[C@H](O[C@H]3O[C@H](CO)[C@@H](O)C(O)C3O)C2O)[C@@H]1O.CCCC. The molecule has 25 atom stereocenters. The zero-order valence-corrected chi connectivity index (χ0v) is 44.4. The van der Waals surface area contributed by atoms with Crippen LogP contribution in [-0.4, -0.2) is 281 Å². The maximum absolute atomic E-state index is 12.6. The van der Waals surface area contributed by atoms with Gasteiger partial charge in [0.25, 0.3) is 0 Å². The van der Waals surface area contributed by atoms with Crippen molar-refractivity contribution in [2.75, 3.05) is 38.4 Å². The van der Waals surface area contributed by atoms with Crippen LogP contribution >= 0.6 is 15.9 Å². The number of hydrogen-bond donors (Lipinski definition) is 16. The van der Waals surface area contributed by atoms with Crippen molar-refractivity contribution in [3.63, 3.8) is 0 Å². The highest BCUT2D eigenvalue weighted by molar-refractivity contribution is 9.09. The number of alkyl halides is 1. The second-order valence-corrected chi connectivity index (χ2v) is 18.0. The van der Waals surface area contributed by atoms with E-state index >= 15 is 0 Å². The number of ketones is 1. The number of nitrogens with one attached hydrogen (secondary N) is 2. The van der Waals surface area contributed by atoms with Crippen LogP contribution in [0.1, 0.15) is 74.7 Å². The third-order valence-electron chi connectivity index (χ3n) is 12.3. The number of ether oxygens (including phenoxy) is 9. The number of carbonyl (C=O) groups is 3. The van der Waals surface area contributed by atoms with Crippen molar-refractivity contribution in [2.45, 2.75) is 228 Å². The van der Waals surface area contributed by atoms with Crippen LogP contribution in [0.15, 0.2) is 0 Å². The fourth-order valence-corrected chi connectivity index (χ4v) is 8.53. The Kier molecular flexibility index (Phi) is 31.0. The minimum absolute atomic E-state index is 0.0938. The van der Waals surface area contributed by atoms with Gasteiger partial charge in [0, 0.05) is 20.3 Å². The molecule has 0 spiro atoms. The van der Waals surface area contributed by atoms with Gasteiger partial charge in [-0.15, -0.1) is 0 Å². The molecule has 0 saturated carbocycles. The molecule has 0 aromatic rings. The summed E-state index contributed by atoms with van der Waals surface area (Å²) in [4.78, 5) is 37.1. The highest BCUT2D eigenvalue weighted by Gasteiger charge is 2.56. The smallest absolute Gasteiger partial charge is 0.217 e. The van der Waals surface area contributed by atoms with Gasteiger partial charge in [0.2, 0.25) is 11.8 Å². The number of rotatable bonds is 19. The lowest BCUT2D eigenvalue weighted by Crippen LogP contribution is -2.70. The zero-order chi connectivity index (χ0) is 56.3. The van der Waals surface area contributed by atoms with Gasteiger partial charge < -0.3 is 125 Å². The number of carbonyl (C=O) groups excluding carboxylic acids is 3. The Labute approximate surface area is 437 Å². The molecule has 0 aromatic heterocycles. The van der Waals surface area contributed by atoms with Crippen LogP contribution in [0.5, 0.6) is 0 Å². The van der Waals surface area contributed by atoms with Crippen LogP contribution in [-0.2, 0) is 57.0 Å². The summed E-state index contributed by atoms with van der Waals surface area (Å²) in [6.45, 7) is 10.1. The van der Waals surface area contributed by atoms with Crippen molar-refractivity contribution in [3.8, 4) is 0 Å². The molecular formula is C45H83BrN2O26. The number of halogens is 1. The van der Waals surface area contributed by atoms with Crippen LogP contribution in [0, 0.1) is 0 Å². The van der Waals surface area contributed by atoms with E-state index in [1.807, 2.05) is 27.7 Å². The molecule has 0 aliphatic carbocycles. The molecule has 5 fully saturated rings. The van der Waals surface area contributed by atoms with Crippen molar-refractivity contribution in [1.82, 2.24) is 10.6 Å². The van der Waals surface area contributed by atoms with Gasteiger partial charge in [-0.1, -0.05) is 70.3 Å². The van der Waals surface area contributed by atoms with E-state index in [9.17, 15) is 85.9 Å². The largest absolute Gasteiger partial charge is 0.394 e. The van der Waals surface area contributed by atoms with E-state index in [1.165, 1.54) is 12.8 Å². The van der Waals surface area contributed by atoms with Gasteiger partial charge in [-0.3, -0.25) is 14.4 Å². The first-order valence-electron chi connectivity index (χ1n) is 24.8. The molecule has 28 nitrogen and oxygen atoms in total. The summed E-state index contributed by atoms with van der Waals surface area (Å²) >= 11 is 3.04. The van der Waals surface area contributed by atoms with Crippen molar-refractivity contribution in [2.24, 2.45) is 0 Å². The minimum atomic E-state index is -2.19. The molecule has 0 radical (unpaired) electrons. The van der Waals surface area contributed by atoms with Crippen LogP contribution in [0.2, 0.25) is 0 Å². The van der Waals surface area contributed by atoms with Crippen LogP contribution in [0.3, 0.4) is 0 Å². The quantitative estimate of drug-likeness (QED) is 0.0535. The molecule has 436 valence electrons. The molecule has 0 aromatic carbocycles. The summed E-state index contributed by atoms with van der Waals surface area (Å²) in [6, 6.07) is -2.99. The van der Waals surface area contributed by atoms with Gasteiger partial charge in [-0.05, 0) is 0 Å². The van der Waals surface area contributed by atoms with Crippen molar-refractivity contribution >= 4 is 33.5 Å². The lowest BCUT2D eigenvalue weighted by molar-refractivity contribution is -0.383. The molecule has 5 rings (SSSR count). The molecular weight excluding hydrogens is 1060 g/mol. The molecule has 5 saturated heterocycles. The Bertz CT molecular complexity index is 1610. The number of Topliss-reactive ketones (excluding diaryl/α,β-unsaturated/α-hetero) is 1. The first-order valence-corrected chi connectivity index (χ1v) is 26.0. The van der Waals surface area contributed by atoms with Crippen molar-refractivity contribution < 1.29 is 129 Å². The van der Waals surface area contributed by atoms with Crippen LogP contribution in [0.4, 0.5) is 0 Å². The molecule has 16 N–H and O–H groups in total. The molecule has 74 heavy (non-hydrogen) atoms. The van der Waals surface area contributed by atoms with Gasteiger partial charge in [-0.25, -0.2) is 0 Å². The Morgan fingerprint density at radius 2 is 0.838 bits per heavy atom. The van der Waals surface area contributed by atoms with Crippen molar-refractivity contribution in [3.05, 3.63) is 0 Å². The van der Waals surface area contributed by atoms with E-state index in [1.54, 1.807) is 0 Å². The van der Waals surface area contributed by atoms with E-state index in [4.69, 9.17) is 42.6 Å². The molecule has 29 heteroatoms. The van der Waals surface area contributed by atoms with Crippen LogP contribution in [0.25, 0.3) is 0 Å². The maximum Gasteiger partial charge on any atom is 0.217 e. The lowest BCUT2D eigenvalue weighted by atomic mass is 9.89. The third-order valence-corrected chi connectivity index (χ3v) is 12.9. The van der Waals surface area contributed by atoms with E-state index in [2.05, 4.69) is 40.4 Å². The van der Waals surface area contributed by atoms with E-state index < -0.39 is 198 Å². The molecule has 5 aliphatic rings. The molecule has 0 bridgehead atoms. The lowest BCUT2D eigenvalue weighted by Gasteiger charge is -2.50. The summed E-state index contributed by atoms with van der Waals surface area (Å²) < 4.78 is 51.8. The van der Waals surface area contributed by atoms with Gasteiger partial charge in [-0.2, -0.15) is 0 Å². The number of aliphatic hydroxyl groups is 14. The fraction of sp³-hybridized carbons (Fsp3) is 0.933. The number of amides is 2. The first-order chi connectivity index (χ1) is 35.1. The van der Waals surface area contributed by atoms with Gasteiger partial charge >= 0.3 is 0 Å². The maximum atomic E-state index is 12.6. The van der Waals surface area contributed by atoms with Gasteiger partial charge in [0.05, 0.1) is 50.5 Å². The predicted molar refractivity (Wildman–Crippen MR) is 254 cm³/mol. The van der Waals surface area contributed by atoms with Crippen LogP contribution < -0.4 is 10.6 Å². The van der Waals surface area contributed by atoms with Gasteiger partial charge in [0.15, 0.2) is 25.2 Å². The summed E-state index contributed by atoms with van der Waals surface area (Å²) in [6.07, 6.45) is -39.2. The average Bonchev–Trinajstić information content (AvgIpc) is 3.39. The number of hydrogen-bond acceptors (Lipinski definition) is 26. The number of unbranched alkanes of at least 4 members (excludes halogenated alkanes) is 1. The normalized spacial score (nSPS) is 42.2. The summed E-state index contributed by atoms with van der Waals surface area (Å²) in [7, 11) is 0. The Hall–Kier alpha value is -1.83. The Morgan fingerprint density at radius 3 is 1.31 bits per heavy atom. The summed E-state index contributed by atoms with van der Waals surface area (Å²) in [5.74, 6) is -1.80. The Morgan fingerprint density at radius 1 is 0.446 bits per heavy atom. The number of aliphatic hydroxyl groups excluding tert-OH is 14. The third kappa shape index (κ3) is 17.6. The van der Waals surface area contributed by atoms with Gasteiger partial charge in [0.1, 0.15) is 122 Å². The monoisotopic (exact) mass is 1150 g/mol. The average molecular weight is 1150 g/mol. The Balaban J connectivity index is 0.00000221. The van der Waals surface area contributed by atoms with E-state index in [-0.39, 0.29) is 17.5 Å². The molecule has 5 aliphatic heterocycles. The van der Waals surface area contributed by atoms with E-state index in [0.717, 1.165) is 13.8 Å². The van der Waals surface area contributed by atoms with E-state index in [0.29, 0.717) is 0 Å². The van der Waals surface area contributed by atoms with Crippen molar-refractivity contribution in [1.29, 1.82) is 0 Å². The summed E-state index contributed by atoms with van der Waals surface area (Å²) in [5.41, 5.74) is 0. The molecule has 2 amide bonds. The first kappa shape index (κ1) is 68.3.